The molecule has 0 aromatic heterocycles. The van der Waals surface area contributed by atoms with E-state index in [1.807, 2.05) is 72.8 Å². The Hall–Kier alpha value is -3.19. The van der Waals surface area contributed by atoms with Crippen molar-refractivity contribution in [2.75, 3.05) is 0 Å². The van der Waals surface area contributed by atoms with E-state index < -0.39 is 16.0 Å². The van der Waals surface area contributed by atoms with Crippen LogP contribution in [-0.2, 0) is 27.9 Å². The van der Waals surface area contributed by atoms with E-state index in [-0.39, 0.29) is 28.6 Å². The van der Waals surface area contributed by atoms with Gasteiger partial charge in [-0.25, -0.2) is 17.9 Å². The Labute approximate surface area is 191 Å². The number of ether oxygens (including phenoxy) is 1. The molecule has 0 aliphatic heterocycles. The molecule has 32 heavy (non-hydrogen) atoms. The maximum Gasteiger partial charge on any atom is 0.338 e. The van der Waals surface area contributed by atoms with Gasteiger partial charge in [0.15, 0.2) is 0 Å². The molecule has 4 aromatic carbocycles. The molecule has 0 saturated carbocycles. The highest BCUT2D eigenvalue weighted by Crippen LogP contribution is 2.24. The van der Waals surface area contributed by atoms with Gasteiger partial charge in [0.05, 0.1) is 10.6 Å². The summed E-state index contributed by atoms with van der Waals surface area (Å²) in [6.07, 6.45) is 0. The molecule has 0 fully saturated rings. The van der Waals surface area contributed by atoms with Crippen molar-refractivity contribution in [1.29, 1.82) is 0 Å². The smallest absolute Gasteiger partial charge is 0.338 e. The van der Waals surface area contributed by atoms with Gasteiger partial charge in [-0.1, -0.05) is 84.4 Å². The molecule has 0 spiro atoms. The molecule has 4 rings (SSSR count). The summed E-state index contributed by atoms with van der Waals surface area (Å²) in [5, 5.41) is 2.06. The first kappa shape index (κ1) is 22.0. The number of sulfonamides is 1. The Kier molecular flexibility index (Phi) is 6.55. The summed E-state index contributed by atoms with van der Waals surface area (Å²) in [6.45, 7) is 0.173. The second kappa shape index (κ2) is 9.53. The first-order chi connectivity index (χ1) is 15.4. The Morgan fingerprint density at radius 2 is 1.59 bits per heavy atom. The fourth-order valence-corrected chi connectivity index (χ4v) is 4.87. The zero-order valence-corrected chi connectivity index (χ0v) is 18.6. The van der Waals surface area contributed by atoms with E-state index >= 15 is 0 Å². The van der Waals surface area contributed by atoms with Crippen LogP contribution in [0.4, 0.5) is 0 Å². The van der Waals surface area contributed by atoms with Crippen molar-refractivity contribution in [2.45, 2.75) is 18.0 Å². The fourth-order valence-electron chi connectivity index (χ4n) is 3.33. The van der Waals surface area contributed by atoms with Gasteiger partial charge in [-0.05, 0) is 40.1 Å². The van der Waals surface area contributed by atoms with Gasteiger partial charge in [0, 0.05) is 6.54 Å². The monoisotopic (exact) mass is 465 g/mol. The number of carbonyl (C=O) groups excluding carboxylic acids is 1. The molecular formula is C25H20ClNO4S. The van der Waals surface area contributed by atoms with Gasteiger partial charge >= 0.3 is 5.97 Å². The van der Waals surface area contributed by atoms with Crippen LogP contribution in [-0.4, -0.2) is 14.4 Å². The van der Waals surface area contributed by atoms with E-state index in [1.165, 1.54) is 18.2 Å². The molecule has 0 heterocycles. The van der Waals surface area contributed by atoms with Crippen molar-refractivity contribution >= 4 is 38.4 Å². The van der Waals surface area contributed by atoms with Gasteiger partial charge in [0.2, 0.25) is 10.0 Å². The van der Waals surface area contributed by atoms with Crippen LogP contribution in [0.1, 0.15) is 21.5 Å². The third-order valence-corrected chi connectivity index (χ3v) is 6.89. The Bertz CT molecular complexity index is 1370. The van der Waals surface area contributed by atoms with Crippen LogP contribution < -0.4 is 4.72 Å². The Balaban J connectivity index is 1.50. The van der Waals surface area contributed by atoms with Crippen LogP contribution in [0.2, 0.25) is 5.02 Å². The van der Waals surface area contributed by atoms with E-state index in [4.69, 9.17) is 16.3 Å². The van der Waals surface area contributed by atoms with Crippen LogP contribution in [0, 0.1) is 0 Å². The average Bonchev–Trinajstić information content (AvgIpc) is 2.82. The van der Waals surface area contributed by atoms with Gasteiger partial charge in [0.1, 0.15) is 11.5 Å². The van der Waals surface area contributed by atoms with Crippen molar-refractivity contribution in [3.8, 4) is 0 Å². The summed E-state index contributed by atoms with van der Waals surface area (Å²) in [6, 6.07) is 26.8. The standard InChI is InChI=1S/C25H20ClNO4S/c26-23-14-13-20(15-24(23)32(29,30)27-16-18-7-2-1-3-8-18)25(28)31-17-21-11-6-10-19-9-4-5-12-22(19)21/h1-15,27H,16-17H2. The largest absolute Gasteiger partial charge is 0.457 e. The minimum atomic E-state index is -3.93. The summed E-state index contributed by atoms with van der Waals surface area (Å²) in [4.78, 5) is 12.5. The number of rotatable bonds is 7. The first-order valence-electron chi connectivity index (χ1n) is 9.91. The van der Waals surface area contributed by atoms with Gasteiger partial charge in [0.25, 0.3) is 0 Å². The Morgan fingerprint density at radius 3 is 2.41 bits per heavy atom. The quantitative estimate of drug-likeness (QED) is 0.374. The highest BCUT2D eigenvalue weighted by Gasteiger charge is 2.21. The van der Waals surface area contributed by atoms with Gasteiger partial charge in [-0.2, -0.15) is 0 Å². The lowest BCUT2D eigenvalue weighted by molar-refractivity contribution is 0.0474. The lowest BCUT2D eigenvalue weighted by Gasteiger charge is -2.11. The first-order valence-corrected chi connectivity index (χ1v) is 11.8. The molecule has 0 radical (unpaired) electrons. The summed E-state index contributed by atoms with van der Waals surface area (Å²) in [5.41, 5.74) is 1.77. The fraction of sp³-hybridized carbons (Fsp3) is 0.0800. The normalized spacial score (nSPS) is 11.4. The zero-order chi connectivity index (χ0) is 22.6. The molecule has 0 saturated heterocycles. The minimum Gasteiger partial charge on any atom is -0.457 e. The summed E-state index contributed by atoms with van der Waals surface area (Å²) in [5.74, 6) is -0.630. The molecule has 5 nitrogen and oxygen atoms in total. The van der Waals surface area contributed by atoms with E-state index in [0.717, 1.165) is 21.9 Å². The van der Waals surface area contributed by atoms with Crippen LogP contribution in [0.5, 0.6) is 0 Å². The van der Waals surface area contributed by atoms with Gasteiger partial charge in [-0.3, -0.25) is 0 Å². The summed E-state index contributed by atoms with van der Waals surface area (Å²) >= 11 is 6.13. The van der Waals surface area contributed by atoms with Crippen molar-refractivity contribution in [1.82, 2.24) is 4.72 Å². The van der Waals surface area contributed by atoms with E-state index in [1.54, 1.807) is 0 Å². The second-order valence-corrected chi connectivity index (χ2v) is 9.31. The maximum atomic E-state index is 12.8. The van der Waals surface area contributed by atoms with Crippen molar-refractivity contribution in [2.24, 2.45) is 0 Å². The second-order valence-electron chi connectivity index (χ2n) is 7.17. The number of esters is 1. The molecule has 162 valence electrons. The van der Waals surface area contributed by atoms with E-state index in [0.29, 0.717) is 0 Å². The van der Waals surface area contributed by atoms with Crippen molar-refractivity contribution in [3.05, 3.63) is 113 Å². The number of benzene rings is 4. The molecule has 4 aromatic rings. The highest BCUT2D eigenvalue weighted by molar-refractivity contribution is 7.89. The predicted molar refractivity (Wildman–Crippen MR) is 125 cm³/mol. The molecule has 0 amide bonds. The van der Waals surface area contributed by atoms with Crippen LogP contribution in [0.3, 0.4) is 0 Å². The lowest BCUT2D eigenvalue weighted by Crippen LogP contribution is -2.24. The van der Waals surface area contributed by atoms with Gasteiger partial charge in [-0.15, -0.1) is 0 Å². The molecule has 0 aliphatic carbocycles. The van der Waals surface area contributed by atoms with Crippen LogP contribution in [0.15, 0.2) is 95.9 Å². The number of fused-ring (bicyclic) bond motifs is 1. The topological polar surface area (TPSA) is 72.5 Å². The van der Waals surface area contributed by atoms with Crippen molar-refractivity contribution in [3.63, 3.8) is 0 Å². The molecule has 0 unspecified atom stereocenters. The Morgan fingerprint density at radius 1 is 0.875 bits per heavy atom. The molecule has 0 atom stereocenters. The molecule has 7 heteroatoms. The molecule has 0 aliphatic rings. The number of hydrogen-bond donors (Lipinski definition) is 1. The highest BCUT2D eigenvalue weighted by atomic mass is 35.5. The molecule has 0 bridgehead atoms. The third-order valence-electron chi connectivity index (χ3n) is 5.00. The van der Waals surface area contributed by atoms with Crippen LogP contribution in [0.25, 0.3) is 10.8 Å². The van der Waals surface area contributed by atoms with E-state index in [2.05, 4.69) is 4.72 Å². The predicted octanol–water partition coefficient (Wildman–Crippen LogP) is 5.33. The number of halogens is 1. The third kappa shape index (κ3) is 4.99. The molecule has 1 N–H and O–H groups in total. The van der Waals surface area contributed by atoms with E-state index in [9.17, 15) is 13.2 Å². The molecular weight excluding hydrogens is 446 g/mol. The number of hydrogen-bond acceptors (Lipinski definition) is 4. The lowest BCUT2D eigenvalue weighted by atomic mass is 10.1. The number of carbonyl (C=O) groups is 1. The van der Waals surface area contributed by atoms with Crippen LogP contribution >= 0.6 is 11.6 Å². The maximum absolute atomic E-state index is 12.8. The average molecular weight is 466 g/mol. The minimum absolute atomic E-state index is 0.0242. The SMILES string of the molecule is O=C(OCc1cccc2ccccc12)c1ccc(Cl)c(S(=O)(=O)NCc2ccccc2)c1. The number of nitrogens with one attached hydrogen (secondary N) is 1. The summed E-state index contributed by atoms with van der Waals surface area (Å²) < 4.78 is 33.5. The summed E-state index contributed by atoms with van der Waals surface area (Å²) in [7, 11) is -3.93. The zero-order valence-electron chi connectivity index (χ0n) is 17.0. The van der Waals surface area contributed by atoms with Crippen molar-refractivity contribution < 1.29 is 17.9 Å². The van der Waals surface area contributed by atoms with Gasteiger partial charge < -0.3 is 4.74 Å².